The molecule has 0 spiro atoms. The number of benzene rings is 2. The molecule has 1 fully saturated rings. The van der Waals surface area contributed by atoms with Crippen LogP contribution < -0.4 is 5.32 Å². The summed E-state index contributed by atoms with van der Waals surface area (Å²) in [4.78, 5) is 4.49. The smallest absolute Gasteiger partial charge is 0.240 e. The molecule has 0 saturated heterocycles. The van der Waals surface area contributed by atoms with Crippen molar-refractivity contribution in [2.75, 3.05) is 0 Å². The Kier molecular flexibility index (Phi) is 3.90. The maximum absolute atomic E-state index is 5.38. The minimum absolute atomic E-state index is 0.364. The van der Waals surface area contributed by atoms with Gasteiger partial charge in [0.1, 0.15) is 0 Å². The van der Waals surface area contributed by atoms with Gasteiger partial charge in [-0.2, -0.15) is 4.98 Å². The van der Waals surface area contributed by atoms with Crippen LogP contribution in [-0.4, -0.2) is 10.1 Å². The van der Waals surface area contributed by atoms with E-state index in [4.69, 9.17) is 4.52 Å². The summed E-state index contributed by atoms with van der Waals surface area (Å²) in [6, 6.07) is 20.9. The van der Waals surface area contributed by atoms with E-state index in [1.54, 1.807) is 0 Å². The third-order valence-electron chi connectivity index (χ3n) is 4.23. The van der Waals surface area contributed by atoms with Crippen LogP contribution in [0.3, 0.4) is 0 Å². The summed E-state index contributed by atoms with van der Waals surface area (Å²) >= 11 is 0. The summed E-state index contributed by atoms with van der Waals surface area (Å²) in [6.45, 7) is 0.593. The van der Waals surface area contributed by atoms with Gasteiger partial charge in [-0.1, -0.05) is 65.8 Å². The van der Waals surface area contributed by atoms with Crippen molar-refractivity contribution < 1.29 is 4.52 Å². The maximum atomic E-state index is 5.38. The van der Waals surface area contributed by atoms with Gasteiger partial charge in [-0.25, -0.2) is 0 Å². The Morgan fingerprint density at radius 2 is 1.70 bits per heavy atom. The van der Waals surface area contributed by atoms with Gasteiger partial charge in [0.15, 0.2) is 0 Å². The fourth-order valence-electron chi connectivity index (χ4n) is 2.88. The molecule has 4 nitrogen and oxygen atoms in total. The Balaban J connectivity index is 1.45. The molecule has 0 radical (unpaired) electrons. The van der Waals surface area contributed by atoms with Crippen molar-refractivity contribution in [2.45, 2.75) is 25.4 Å². The number of rotatable bonds is 6. The van der Waals surface area contributed by atoms with Crippen LogP contribution in [0.4, 0.5) is 0 Å². The molecule has 1 aliphatic rings. The molecule has 0 aliphatic heterocycles. The molecule has 2 aromatic carbocycles. The van der Waals surface area contributed by atoms with Gasteiger partial charge >= 0.3 is 0 Å². The summed E-state index contributed by atoms with van der Waals surface area (Å²) in [6.07, 6.45) is 2.57. The highest BCUT2D eigenvalue weighted by molar-refractivity contribution is 5.53. The van der Waals surface area contributed by atoms with E-state index in [0.29, 0.717) is 30.2 Å². The molecule has 1 saturated carbocycles. The normalized spacial score (nSPS) is 15.5. The molecule has 1 N–H and O–H groups in total. The molecule has 4 heteroatoms. The second kappa shape index (κ2) is 6.34. The lowest BCUT2D eigenvalue weighted by Crippen LogP contribution is -2.22. The van der Waals surface area contributed by atoms with Crippen LogP contribution in [0, 0.1) is 5.92 Å². The summed E-state index contributed by atoms with van der Waals surface area (Å²) in [5.41, 5.74) is 2.31. The van der Waals surface area contributed by atoms with Crippen LogP contribution >= 0.6 is 0 Å². The quantitative estimate of drug-likeness (QED) is 0.748. The Hall–Kier alpha value is -2.46. The average molecular weight is 305 g/mol. The van der Waals surface area contributed by atoms with E-state index in [0.717, 1.165) is 5.56 Å². The minimum atomic E-state index is 0.364. The molecule has 1 aromatic heterocycles. The second-order valence-corrected chi connectivity index (χ2v) is 5.98. The van der Waals surface area contributed by atoms with Crippen molar-refractivity contribution in [3.63, 3.8) is 0 Å². The van der Waals surface area contributed by atoms with E-state index in [1.165, 1.54) is 18.4 Å². The number of nitrogens with one attached hydrogen (secondary N) is 1. The molecule has 23 heavy (non-hydrogen) atoms. The molecule has 116 valence electrons. The Morgan fingerprint density at radius 1 is 1.00 bits per heavy atom. The maximum Gasteiger partial charge on any atom is 0.240 e. The molecule has 0 bridgehead atoms. The number of hydrogen-bond acceptors (Lipinski definition) is 4. The molecule has 1 atom stereocenters. The van der Waals surface area contributed by atoms with Gasteiger partial charge in [-0.15, -0.1) is 0 Å². The van der Waals surface area contributed by atoms with E-state index in [9.17, 15) is 0 Å². The largest absolute Gasteiger partial charge is 0.338 e. The zero-order valence-electron chi connectivity index (χ0n) is 12.9. The Labute approximate surface area is 135 Å². The second-order valence-electron chi connectivity index (χ2n) is 5.98. The van der Waals surface area contributed by atoms with E-state index >= 15 is 0 Å². The summed E-state index contributed by atoms with van der Waals surface area (Å²) in [5, 5.41) is 7.65. The minimum Gasteiger partial charge on any atom is -0.338 e. The monoisotopic (exact) mass is 305 g/mol. The predicted octanol–water partition coefficient (Wildman–Crippen LogP) is 3.98. The van der Waals surface area contributed by atoms with E-state index < -0.39 is 0 Å². The van der Waals surface area contributed by atoms with E-state index in [2.05, 4.69) is 45.8 Å². The van der Waals surface area contributed by atoms with Gasteiger partial charge in [-0.05, 0) is 24.3 Å². The lowest BCUT2D eigenvalue weighted by molar-refractivity contribution is 0.351. The standard InChI is InChI=1S/C19H19N3O/c1-3-7-14(8-4-1)18(15-11-12-15)20-13-17-21-19(22-23-17)16-9-5-2-6-10-16/h1-10,15,18,20H,11-13H2/t18-/m1/s1. The van der Waals surface area contributed by atoms with Gasteiger partial charge in [0.25, 0.3) is 0 Å². The molecule has 1 aliphatic carbocycles. The van der Waals surface area contributed by atoms with Gasteiger partial charge < -0.3 is 9.84 Å². The van der Waals surface area contributed by atoms with Crippen LogP contribution in [0.1, 0.15) is 30.3 Å². The first-order chi connectivity index (χ1) is 11.4. The molecule has 0 unspecified atom stereocenters. The third kappa shape index (κ3) is 3.32. The molecular formula is C19H19N3O. The first-order valence-electron chi connectivity index (χ1n) is 8.06. The Morgan fingerprint density at radius 3 is 2.39 bits per heavy atom. The van der Waals surface area contributed by atoms with Gasteiger partial charge in [0.05, 0.1) is 6.54 Å². The third-order valence-corrected chi connectivity index (χ3v) is 4.23. The molecular weight excluding hydrogens is 286 g/mol. The van der Waals surface area contributed by atoms with Crippen LogP contribution in [0.2, 0.25) is 0 Å². The average Bonchev–Trinajstić information content (AvgIpc) is 3.34. The Bertz CT molecular complexity index is 751. The highest BCUT2D eigenvalue weighted by Crippen LogP contribution is 2.41. The molecule has 3 aromatic rings. The van der Waals surface area contributed by atoms with Crippen molar-refractivity contribution in [3.8, 4) is 11.4 Å². The molecule has 0 amide bonds. The van der Waals surface area contributed by atoms with Crippen molar-refractivity contribution in [1.82, 2.24) is 15.5 Å². The lowest BCUT2D eigenvalue weighted by Gasteiger charge is -2.17. The number of nitrogens with zero attached hydrogens (tertiary/aromatic N) is 2. The summed E-state index contributed by atoms with van der Waals surface area (Å²) in [5.74, 6) is 1.99. The molecule has 4 rings (SSSR count). The zero-order chi connectivity index (χ0) is 15.5. The number of hydrogen-bond donors (Lipinski definition) is 1. The summed E-state index contributed by atoms with van der Waals surface area (Å²) < 4.78 is 5.38. The predicted molar refractivity (Wildman–Crippen MR) is 88.5 cm³/mol. The van der Waals surface area contributed by atoms with E-state index in [-0.39, 0.29) is 0 Å². The van der Waals surface area contributed by atoms with Crippen LogP contribution in [-0.2, 0) is 6.54 Å². The SMILES string of the molecule is c1ccc(-c2noc(CN[C@H](c3ccccc3)C3CC3)n2)cc1. The molecule has 1 heterocycles. The van der Waals surface area contributed by atoms with Crippen molar-refractivity contribution >= 4 is 0 Å². The lowest BCUT2D eigenvalue weighted by atomic mass is 10.0. The van der Waals surface area contributed by atoms with Crippen LogP contribution in [0.15, 0.2) is 65.2 Å². The van der Waals surface area contributed by atoms with Gasteiger partial charge in [0.2, 0.25) is 11.7 Å². The van der Waals surface area contributed by atoms with Crippen LogP contribution in [0.25, 0.3) is 11.4 Å². The topological polar surface area (TPSA) is 51.0 Å². The fraction of sp³-hybridized carbons (Fsp3) is 0.263. The first kappa shape index (κ1) is 14.2. The van der Waals surface area contributed by atoms with Crippen molar-refractivity contribution in [1.29, 1.82) is 0 Å². The van der Waals surface area contributed by atoms with Crippen LogP contribution in [0.5, 0.6) is 0 Å². The first-order valence-corrected chi connectivity index (χ1v) is 8.06. The highest BCUT2D eigenvalue weighted by Gasteiger charge is 2.32. The fourth-order valence-corrected chi connectivity index (χ4v) is 2.88. The van der Waals surface area contributed by atoms with E-state index in [1.807, 2.05) is 30.3 Å². The van der Waals surface area contributed by atoms with Crippen molar-refractivity contribution in [3.05, 3.63) is 72.1 Å². The van der Waals surface area contributed by atoms with Gasteiger partial charge in [-0.3, -0.25) is 0 Å². The number of aromatic nitrogens is 2. The zero-order valence-corrected chi connectivity index (χ0v) is 12.9. The van der Waals surface area contributed by atoms with Crippen molar-refractivity contribution in [2.24, 2.45) is 5.92 Å². The van der Waals surface area contributed by atoms with Gasteiger partial charge in [0, 0.05) is 11.6 Å². The highest BCUT2D eigenvalue weighted by atomic mass is 16.5. The summed E-state index contributed by atoms with van der Waals surface area (Å²) in [7, 11) is 0.